The molecule has 0 aliphatic rings. The summed E-state index contributed by atoms with van der Waals surface area (Å²) in [6.45, 7) is 0. The van der Waals surface area contributed by atoms with Gasteiger partial charge in [-0.1, -0.05) is 18.2 Å². The van der Waals surface area contributed by atoms with Crippen molar-refractivity contribution in [1.29, 1.82) is 0 Å². The molecular formula is C13H8N2O3. The number of carbonyl (C=O) groups is 1. The molecule has 0 saturated heterocycles. The first kappa shape index (κ1) is 10.5. The Morgan fingerprint density at radius 3 is 2.72 bits per heavy atom. The number of aromatic nitrogens is 2. The molecule has 0 radical (unpaired) electrons. The zero-order valence-corrected chi connectivity index (χ0v) is 9.20. The van der Waals surface area contributed by atoms with Crippen molar-refractivity contribution in [2.45, 2.75) is 0 Å². The lowest BCUT2D eigenvalue weighted by Gasteiger charge is -1.91. The van der Waals surface area contributed by atoms with E-state index in [0.717, 1.165) is 5.56 Å². The molecule has 0 amide bonds. The number of nitrogens with zero attached hydrogens (tertiary/aromatic N) is 2. The van der Waals surface area contributed by atoms with Crippen LogP contribution in [0.3, 0.4) is 0 Å². The van der Waals surface area contributed by atoms with Gasteiger partial charge in [-0.05, 0) is 18.2 Å². The summed E-state index contributed by atoms with van der Waals surface area (Å²) >= 11 is 0. The van der Waals surface area contributed by atoms with Crippen LogP contribution in [0.1, 0.15) is 10.4 Å². The molecule has 3 rings (SSSR count). The number of rotatable bonds is 2. The number of hydrogen-bond donors (Lipinski definition) is 1. The molecule has 3 aromatic rings. The number of aromatic carboxylic acids is 1. The summed E-state index contributed by atoms with van der Waals surface area (Å²) in [5.41, 5.74) is 1.69. The highest BCUT2D eigenvalue weighted by atomic mass is 16.4. The third-order valence-electron chi connectivity index (χ3n) is 2.52. The Morgan fingerprint density at radius 2 is 2.00 bits per heavy atom. The van der Waals surface area contributed by atoms with Crippen molar-refractivity contribution in [1.82, 2.24) is 9.97 Å². The van der Waals surface area contributed by atoms with Gasteiger partial charge in [-0.15, -0.1) is 0 Å². The highest BCUT2D eigenvalue weighted by Gasteiger charge is 2.11. The van der Waals surface area contributed by atoms with Crippen molar-refractivity contribution in [2.75, 3.05) is 0 Å². The van der Waals surface area contributed by atoms with Gasteiger partial charge in [0.1, 0.15) is 5.52 Å². The van der Waals surface area contributed by atoms with Crippen LogP contribution in [-0.2, 0) is 0 Å². The molecule has 0 unspecified atom stereocenters. The third kappa shape index (κ3) is 1.71. The largest absolute Gasteiger partial charge is 0.478 e. The summed E-state index contributed by atoms with van der Waals surface area (Å²) in [4.78, 5) is 19.0. The summed E-state index contributed by atoms with van der Waals surface area (Å²) in [5, 5.41) is 8.87. The van der Waals surface area contributed by atoms with E-state index in [4.69, 9.17) is 9.52 Å². The molecule has 88 valence electrons. The third-order valence-corrected chi connectivity index (χ3v) is 2.52. The molecule has 0 aliphatic heterocycles. The summed E-state index contributed by atoms with van der Waals surface area (Å²) in [5.74, 6) is -0.603. The van der Waals surface area contributed by atoms with Crippen molar-refractivity contribution in [3.8, 4) is 11.5 Å². The van der Waals surface area contributed by atoms with Gasteiger partial charge < -0.3 is 9.52 Å². The molecule has 0 atom stereocenters. The average Bonchev–Trinajstić information content (AvgIpc) is 2.82. The fourth-order valence-corrected chi connectivity index (χ4v) is 1.64. The second-order valence-electron chi connectivity index (χ2n) is 3.74. The van der Waals surface area contributed by atoms with Crippen molar-refractivity contribution >= 4 is 17.2 Å². The van der Waals surface area contributed by atoms with E-state index in [1.807, 2.05) is 30.3 Å². The first-order chi connectivity index (χ1) is 8.74. The molecule has 1 aromatic carbocycles. The van der Waals surface area contributed by atoms with Crippen LogP contribution >= 0.6 is 0 Å². The zero-order chi connectivity index (χ0) is 12.5. The van der Waals surface area contributed by atoms with Gasteiger partial charge in [0.25, 0.3) is 0 Å². The van der Waals surface area contributed by atoms with Gasteiger partial charge in [-0.3, -0.25) is 0 Å². The number of carboxylic acids is 1. The molecule has 18 heavy (non-hydrogen) atoms. The van der Waals surface area contributed by atoms with E-state index in [9.17, 15) is 4.79 Å². The van der Waals surface area contributed by atoms with Crippen LogP contribution < -0.4 is 0 Å². The van der Waals surface area contributed by atoms with Crippen molar-refractivity contribution in [2.24, 2.45) is 0 Å². The molecule has 0 aliphatic carbocycles. The van der Waals surface area contributed by atoms with Crippen molar-refractivity contribution in [3.63, 3.8) is 0 Å². The van der Waals surface area contributed by atoms with E-state index < -0.39 is 5.97 Å². The highest BCUT2D eigenvalue weighted by Crippen LogP contribution is 2.23. The lowest BCUT2D eigenvalue weighted by atomic mass is 10.2. The Morgan fingerprint density at radius 1 is 1.22 bits per heavy atom. The van der Waals surface area contributed by atoms with Crippen LogP contribution in [0, 0.1) is 0 Å². The Hall–Kier alpha value is -2.69. The van der Waals surface area contributed by atoms with E-state index >= 15 is 0 Å². The molecule has 1 N–H and O–H groups in total. The maximum absolute atomic E-state index is 10.8. The number of oxazole rings is 1. The van der Waals surface area contributed by atoms with Gasteiger partial charge in [0.2, 0.25) is 11.6 Å². The molecule has 5 heteroatoms. The van der Waals surface area contributed by atoms with E-state index in [0.29, 0.717) is 17.1 Å². The van der Waals surface area contributed by atoms with Gasteiger partial charge in [0.05, 0.1) is 5.56 Å². The number of fused-ring (bicyclic) bond motifs is 1. The first-order valence-corrected chi connectivity index (χ1v) is 5.29. The summed E-state index contributed by atoms with van der Waals surface area (Å²) in [6, 6.07) is 10.8. The summed E-state index contributed by atoms with van der Waals surface area (Å²) < 4.78 is 5.47. The monoisotopic (exact) mass is 240 g/mol. The smallest absolute Gasteiger partial charge is 0.337 e. The minimum atomic E-state index is -1.03. The summed E-state index contributed by atoms with van der Waals surface area (Å²) in [7, 11) is 0. The van der Waals surface area contributed by atoms with E-state index in [1.54, 1.807) is 0 Å². The summed E-state index contributed by atoms with van der Waals surface area (Å²) in [6.07, 6.45) is 1.25. The van der Waals surface area contributed by atoms with Crippen LogP contribution in [0.2, 0.25) is 0 Å². The molecule has 0 saturated carbocycles. The van der Waals surface area contributed by atoms with Crippen LogP contribution in [0.5, 0.6) is 0 Å². The fourth-order valence-electron chi connectivity index (χ4n) is 1.64. The number of hydrogen-bond acceptors (Lipinski definition) is 4. The maximum atomic E-state index is 10.8. The molecule has 0 fully saturated rings. The zero-order valence-electron chi connectivity index (χ0n) is 9.20. The second-order valence-corrected chi connectivity index (χ2v) is 3.74. The number of pyridine rings is 1. The molecule has 2 heterocycles. The quantitative estimate of drug-likeness (QED) is 0.745. The first-order valence-electron chi connectivity index (χ1n) is 5.29. The predicted molar refractivity (Wildman–Crippen MR) is 64.2 cm³/mol. The molecule has 5 nitrogen and oxygen atoms in total. The molecular weight excluding hydrogens is 232 g/mol. The van der Waals surface area contributed by atoms with Crippen LogP contribution in [0.4, 0.5) is 0 Å². The lowest BCUT2D eigenvalue weighted by molar-refractivity contribution is 0.0696. The van der Waals surface area contributed by atoms with Gasteiger partial charge in [-0.25, -0.2) is 14.8 Å². The van der Waals surface area contributed by atoms with Crippen LogP contribution in [0.15, 0.2) is 47.0 Å². The van der Waals surface area contributed by atoms with Crippen molar-refractivity contribution in [3.05, 3.63) is 48.2 Å². The predicted octanol–water partition coefficient (Wildman–Crippen LogP) is 2.59. The number of benzene rings is 1. The topological polar surface area (TPSA) is 76.2 Å². The average molecular weight is 240 g/mol. The van der Waals surface area contributed by atoms with E-state index in [1.165, 1.54) is 12.3 Å². The minimum absolute atomic E-state index is 0.0930. The highest BCUT2D eigenvalue weighted by molar-refractivity contribution is 5.90. The maximum Gasteiger partial charge on any atom is 0.337 e. The number of carboxylic acid groups (broad SMARTS) is 1. The standard InChI is InChI=1S/C13H8N2O3/c16-13(17)9-6-10-12(14-7-9)18-11(15-10)8-4-2-1-3-5-8/h1-7H,(H,16,17). The van der Waals surface area contributed by atoms with Crippen molar-refractivity contribution < 1.29 is 14.3 Å². The fraction of sp³-hybridized carbons (Fsp3) is 0. The normalized spacial score (nSPS) is 10.7. The molecule has 2 aromatic heterocycles. The molecule has 0 bridgehead atoms. The SMILES string of the molecule is O=C(O)c1cnc2oc(-c3ccccc3)nc2c1. The van der Waals surface area contributed by atoms with E-state index in [-0.39, 0.29) is 5.56 Å². The van der Waals surface area contributed by atoms with Crippen LogP contribution in [-0.4, -0.2) is 21.0 Å². The minimum Gasteiger partial charge on any atom is -0.478 e. The van der Waals surface area contributed by atoms with Gasteiger partial charge >= 0.3 is 5.97 Å². The Balaban J connectivity index is 2.14. The second kappa shape index (κ2) is 3.96. The van der Waals surface area contributed by atoms with Crippen LogP contribution in [0.25, 0.3) is 22.7 Å². The Labute approximate surface area is 102 Å². The Kier molecular flexibility index (Phi) is 2.30. The lowest BCUT2D eigenvalue weighted by Crippen LogP contribution is -1.96. The van der Waals surface area contributed by atoms with Gasteiger partial charge in [0.15, 0.2) is 0 Å². The molecule has 0 spiro atoms. The van der Waals surface area contributed by atoms with Gasteiger partial charge in [-0.2, -0.15) is 0 Å². The Bertz CT molecular complexity index is 719. The van der Waals surface area contributed by atoms with E-state index in [2.05, 4.69) is 9.97 Å². The van der Waals surface area contributed by atoms with Gasteiger partial charge in [0, 0.05) is 11.8 Å².